The number of anilines is 3. The van der Waals surface area contributed by atoms with Gasteiger partial charge in [0, 0.05) is 89.3 Å². The Morgan fingerprint density at radius 2 is 1.75 bits per heavy atom. The highest BCUT2D eigenvalue weighted by atomic mass is 16.5. The van der Waals surface area contributed by atoms with Crippen molar-refractivity contribution in [1.82, 2.24) is 24.8 Å². The van der Waals surface area contributed by atoms with Crippen LogP contribution in [0.5, 0.6) is 0 Å². The van der Waals surface area contributed by atoms with Crippen molar-refractivity contribution in [3.05, 3.63) is 60.6 Å². The van der Waals surface area contributed by atoms with Crippen LogP contribution in [0.1, 0.15) is 18.9 Å². The minimum atomic E-state index is 0.605. The van der Waals surface area contributed by atoms with Crippen molar-refractivity contribution in [2.24, 2.45) is 5.92 Å². The molecular weight excluding hydrogens is 450 g/mol. The van der Waals surface area contributed by atoms with Gasteiger partial charge in [0.05, 0.1) is 6.61 Å². The average molecular weight is 488 g/mol. The molecule has 1 fully saturated rings. The molecular formula is C28H37N7O. The number of nitrogens with one attached hydrogen (secondary N) is 1. The van der Waals surface area contributed by atoms with Crippen molar-refractivity contribution < 1.29 is 4.74 Å². The molecule has 2 aromatic heterocycles. The lowest BCUT2D eigenvalue weighted by Gasteiger charge is -2.36. The number of pyridine rings is 1. The molecule has 1 saturated heterocycles. The standard InChI is InChI=1S/C28H37N7O/c1-22-7-9-35(14-15-36-2)28-30-18-25(19-31-28)24-6-8-29-27(17-24)32-26-5-3-4-23(16-26)21-34-12-10-33(20-22)11-13-34/h3-6,8,16-19,22H,7,9-15,20-21H2,1-2H3,(H,29,32). The number of hydrogen-bond donors (Lipinski definition) is 1. The number of piperazine rings is 1. The molecule has 8 bridgehead atoms. The highest BCUT2D eigenvalue weighted by Crippen LogP contribution is 2.24. The van der Waals surface area contributed by atoms with Gasteiger partial charge in [-0.15, -0.1) is 0 Å². The van der Waals surface area contributed by atoms with E-state index in [9.17, 15) is 0 Å². The van der Waals surface area contributed by atoms with Crippen LogP contribution in [0.3, 0.4) is 0 Å². The molecule has 8 rings (SSSR count). The van der Waals surface area contributed by atoms with Crippen LogP contribution >= 0.6 is 0 Å². The van der Waals surface area contributed by atoms with E-state index in [1.54, 1.807) is 7.11 Å². The lowest BCUT2D eigenvalue weighted by atomic mass is 10.1. The Labute approximate surface area is 214 Å². The van der Waals surface area contributed by atoms with Crippen molar-refractivity contribution in [1.29, 1.82) is 0 Å². The minimum Gasteiger partial charge on any atom is -0.383 e. The number of aromatic nitrogens is 3. The second-order valence-corrected chi connectivity index (χ2v) is 9.98. The number of rotatable bonds is 3. The molecule has 0 radical (unpaired) electrons. The maximum absolute atomic E-state index is 5.37. The van der Waals surface area contributed by atoms with E-state index in [0.29, 0.717) is 12.5 Å². The van der Waals surface area contributed by atoms with E-state index < -0.39 is 0 Å². The summed E-state index contributed by atoms with van der Waals surface area (Å²) in [4.78, 5) is 21.4. The number of nitrogens with zero attached hydrogens (tertiary/aromatic N) is 6. The summed E-state index contributed by atoms with van der Waals surface area (Å²) in [5.74, 6) is 2.17. The molecule has 8 nitrogen and oxygen atoms in total. The minimum absolute atomic E-state index is 0.605. The summed E-state index contributed by atoms with van der Waals surface area (Å²) in [5, 5.41) is 3.48. The van der Waals surface area contributed by atoms with Crippen molar-refractivity contribution in [2.75, 3.05) is 69.7 Å². The summed E-state index contributed by atoms with van der Waals surface area (Å²) >= 11 is 0. The molecule has 190 valence electrons. The van der Waals surface area contributed by atoms with Crippen LogP contribution in [0, 0.1) is 5.92 Å². The van der Waals surface area contributed by atoms with E-state index in [1.807, 2.05) is 24.7 Å². The molecule has 3 aromatic rings. The van der Waals surface area contributed by atoms with Crippen LogP contribution in [-0.4, -0.2) is 84.3 Å². The predicted octanol–water partition coefficient (Wildman–Crippen LogP) is 3.89. The Morgan fingerprint density at radius 1 is 0.944 bits per heavy atom. The zero-order valence-electron chi connectivity index (χ0n) is 21.4. The molecule has 36 heavy (non-hydrogen) atoms. The SMILES string of the molecule is COCCN1CCC(C)CN2CCN(CC2)Cc2cccc(c2)Nc2cc(ccn2)-c2cnc1nc2. The molecule has 1 atom stereocenters. The Kier molecular flexibility index (Phi) is 8.05. The first-order chi connectivity index (χ1) is 17.7. The summed E-state index contributed by atoms with van der Waals surface area (Å²) in [6, 6.07) is 12.7. The third kappa shape index (κ3) is 6.37. The summed E-state index contributed by atoms with van der Waals surface area (Å²) in [6.45, 7) is 11.3. The Bertz CT molecular complexity index is 1110. The summed E-state index contributed by atoms with van der Waals surface area (Å²) in [5.41, 5.74) is 4.39. The van der Waals surface area contributed by atoms with E-state index in [0.717, 1.165) is 87.4 Å². The Morgan fingerprint density at radius 3 is 2.56 bits per heavy atom. The fourth-order valence-corrected chi connectivity index (χ4v) is 5.02. The fourth-order valence-electron chi connectivity index (χ4n) is 5.02. The molecule has 8 heteroatoms. The van der Waals surface area contributed by atoms with Crippen molar-refractivity contribution in [3.63, 3.8) is 0 Å². The lowest BCUT2D eigenvalue weighted by Crippen LogP contribution is -2.47. The lowest BCUT2D eigenvalue weighted by molar-refractivity contribution is 0.114. The molecule has 0 spiro atoms. The van der Waals surface area contributed by atoms with Crippen LogP contribution in [-0.2, 0) is 11.3 Å². The molecule has 7 heterocycles. The van der Waals surface area contributed by atoms with Crippen LogP contribution in [0.4, 0.5) is 17.5 Å². The molecule has 5 aliphatic heterocycles. The maximum Gasteiger partial charge on any atom is 0.225 e. The van der Waals surface area contributed by atoms with E-state index in [1.165, 1.54) is 5.56 Å². The van der Waals surface area contributed by atoms with Crippen LogP contribution in [0.25, 0.3) is 11.1 Å². The van der Waals surface area contributed by atoms with E-state index in [4.69, 9.17) is 14.7 Å². The third-order valence-corrected chi connectivity index (χ3v) is 7.11. The molecule has 0 saturated carbocycles. The van der Waals surface area contributed by atoms with Crippen LogP contribution < -0.4 is 10.2 Å². The first kappa shape index (κ1) is 24.6. The van der Waals surface area contributed by atoms with Gasteiger partial charge in [-0.3, -0.25) is 4.90 Å². The summed E-state index contributed by atoms with van der Waals surface area (Å²) in [7, 11) is 1.74. The first-order valence-corrected chi connectivity index (χ1v) is 13.0. The van der Waals surface area contributed by atoms with Crippen molar-refractivity contribution in [3.8, 4) is 11.1 Å². The monoisotopic (exact) mass is 487 g/mol. The average Bonchev–Trinajstić information content (AvgIpc) is 2.90. The van der Waals surface area contributed by atoms with Gasteiger partial charge >= 0.3 is 0 Å². The van der Waals surface area contributed by atoms with Gasteiger partial charge in [-0.1, -0.05) is 19.1 Å². The number of ether oxygens (including phenoxy) is 1. The maximum atomic E-state index is 5.37. The normalized spacial score (nSPS) is 22.6. The smallest absolute Gasteiger partial charge is 0.225 e. The van der Waals surface area contributed by atoms with E-state index in [2.05, 4.69) is 62.3 Å². The number of hydrogen-bond acceptors (Lipinski definition) is 8. The quantitative estimate of drug-likeness (QED) is 0.597. The van der Waals surface area contributed by atoms with Crippen LogP contribution in [0.15, 0.2) is 55.0 Å². The molecule has 0 amide bonds. The highest BCUT2D eigenvalue weighted by Gasteiger charge is 2.20. The van der Waals surface area contributed by atoms with Crippen molar-refractivity contribution >= 4 is 17.5 Å². The largest absolute Gasteiger partial charge is 0.383 e. The van der Waals surface area contributed by atoms with Crippen molar-refractivity contribution in [2.45, 2.75) is 19.9 Å². The second kappa shape index (κ2) is 11.8. The number of benzene rings is 1. The van der Waals surface area contributed by atoms with E-state index in [-0.39, 0.29) is 0 Å². The molecule has 1 aromatic carbocycles. The van der Waals surface area contributed by atoms with Gasteiger partial charge in [0.1, 0.15) is 5.82 Å². The molecule has 5 aliphatic rings. The van der Waals surface area contributed by atoms with Gasteiger partial charge in [-0.25, -0.2) is 15.0 Å². The van der Waals surface area contributed by atoms with Crippen LogP contribution in [0.2, 0.25) is 0 Å². The molecule has 1 N–H and O–H groups in total. The van der Waals surface area contributed by atoms with Gasteiger partial charge in [0.15, 0.2) is 0 Å². The first-order valence-electron chi connectivity index (χ1n) is 13.0. The third-order valence-electron chi connectivity index (χ3n) is 7.11. The predicted molar refractivity (Wildman–Crippen MR) is 145 cm³/mol. The zero-order valence-corrected chi connectivity index (χ0v) is 21.4. The van der Waals surface area contributed by atoms with Gasteiger partial charge in [0.25, 0.3) is 0 Å². The fraction of sp³-hybridized carbons (Fsp3) is 0.464. The van der Waals surface area contributed by atoms with Gasteiger partial charge in [0.2, 0.25) is 5.95 Å². The second-order valence-electron chi connectivity index (χ2n) is 9.98. The highest BCUT2D eigenvalue weighted by molar-refractivity contribution is 5.68. The Balaban J connectivity index is 1.43. The summed E-state index contributed by atoms with van der Waals surface area (Å²) in [6.07, 6.45) is 6.75. The van der Waals surface area contributed by atoms with Gasteiger partial charge < -0.3 is 19.9 Å². The van der Waals surface area contributed by atoms with Gasteiger partial charge in [-0.05, 0) is 47.7 Å². The Hall–Kier alpha value is -3.07. The summed E-state index contributed by atoms with van der Waals surface area (Å²) < 4.78 is 5.37. The molecule has 0 aliphatic carbocycles. The zero-order chi connectivity index (χ0) is 24.7. The molecule has 1 unspecified atom stereocenters. The number of methoxy groups -OCH3 is 1. The van der Waals surface area contributed by atoms with Gasteiger partial charge in [-0.2, -0.15) is 0 Å². The topological polar surface area (TPSA) is 69.7 Å². The van der Waals surface area contributed by atoms with E-state index >= 15 is 0 Å².